The van der Waals surface area contributed by atoms with Gasteiger partial charge < -0.3 is 30.3 Å². The van der Waals surface area contributed by atoms with Crippen molar-refractivity contribution in [2.24, 2.45) is 5.92 Å². The Morgan fingerprint density at radius 1 is 1.06 bits per heavy atom. The number of nitrogens with zero attached hydrogens (tertiary/aromatic N) is 1. The summed E-state index contributed by atoms with van der Waals surface area (Å²) in [5.41, 5.74) is -0.578. The Hall–Kier alpha value is -2.95. The van der Waals surface area contributed by atoms with Gasteiger partial charge in [-0.1, -0.05) is 31.0 Å². The molecule has 1 aromatic rings. The van der Waals surface area contributed by atoms with Gasteiger partial charge in [0.05, 0.1) is 18.4 Å². The fraction of sp³-hybridized carbons (Fsp3) is 0.560. The van der Waals surface area contributed by atoms with Gasteiger partial charge in [0.1, 0.15) is 12.4 Å². The SMILES string of the molecule is O=C(O)CC(O)(CC(=O)O)C(=O)O.OC12CCCCC1CN(CC1=Cc3ccccc3OC1)CC2. The summed E-state index contributed by atoms with van der Waals surface area (Å²) in [5, 5.41) is 44.6. The van der Waals surface area contributed by atoms with E-state index in [4.69, 9.17) is 25.2 Å². The first-order valence-electron chi connectivity index (χ1n) is 11.8. The molecule has 1 aliphatic carbocycles. The van der Waals surface area contributed by atoms with E-state index in [2.05, 4.69) is 23.1 Å². The van der Waals surface area contributed by atoms with Crippen LogP contribution in [0.15, 0.2) is 29.8 Å². The van der Waals surface area contributed by atoms with E-state index in [1.54, 1.807) is 0 Å². The van der Waals surface area contributed by atoms with Crippen molar-refractivity contribution in [2.45, 2.75) is 56.1 Å². The van der Waals surface area contributed by atoms with Crippen LogP contribution in [-0.2, 0) is 14.4 Å². The van der Waals surface area contributed by atoms with Gasteiger partial charge in [-0.3, -0.25) is 14.5 Å². The van der Waals surface area contributed by atoms with Crippen LogP contribution in [0.5, 0.6) is 5.75 Å². The second kappa shape index (κ2) is 11.2. The lowest BCUT2D eigenvalue weighted by Gasteiger charge is -2.47. The summed E-state index contributed by atoms with van der Waals surface area (Å²) < 4.78 is 5.86. The number of aliphatic carboxylic acids is 3. The molecule has 35 heavy (non-hydrogen) atoms. The number of carboxylic acids is 3. The standard InChI is InChI=1S/C19H25NO2.C6H8O7/c21-19-8-4-3-6-17(19)13-20(10-9-19)12-15-11-16-5-1-2-7-18(16)22-14-15;7-3(8)1-6(13,5(11)12)2-4(9)10/h1-2,5,7,11,17,21H,3-4,6,8-10,12-14H2;13H,1-2H2,(H,7,8)(H,9,10)(H,11,12). The van der Waals surface area contributed by atoms with Gasteiger partial charge >= 0.3 is 17.9 Å². The van der Waals surface area contributed by atoms with E-state index in [0.717, 1.165) is 38.2 Å². The second-order valence-corrected chi connectivity index (χ2v) is 9.64. The van der Waals surface area contributed by atoms with Crippen molar-refractivity contribution in [3.8, 4) is 5.75 Å². The molecule has 2 heterocycles. The van der Waals surface area contributed by atoms with Crippen molar-refractivity contribution >= 4 is 24.0 Å². The molecular formula is C25H33NO9. The van der Waals surface area contributed by atoms with Gasteiger partial charge in [-0.15, -0.1) is 0 Å². The molecule has 10 nitrogen and oxygen atoms in total. The summed E-state index contributed by atoms with van der Waals surface area (Å²) in [4.78, 5) is 33.0. The highest BCUT2D eigenvalue weighted by Gasteiger charge is 2.43. The highest BCUT2D eigenvalue weighted by atomic mass is 16.5. The fourth-order valence-electron chi connectivity index (χ4n) is 5.04. The first-order chi connectivity index (χ1) is 16.5. The number of hydrogen-bond donors (Lipinski definition) is 5. The first-order valence-corrected chi connectivity index (χ1v) is 11.8. The van der Waals surface area contributed by atoms with Crippen molar-refractivity contribution in [1.29, 1.82) is 0 Å². The average molecular weight is 492 g/mol. The Bertz CT molecular complexity index is 959. The van der Waals surface area contributed by atoms with E-state index < -0.39 is 36.4 Å². The number of piperidine rings is 1. The van der Waals surface area contributed by atoms with Gasteiger partial charge in [0.2, 0.25) is 0 Å². The number of para-hydroxylation sites is 1. The fourth-order valence-corrected chi connectivity index (χ4v) is 5.04. The molecule has 2 atom stereocenters. The maximum absolute atomic E-state index is 10.8. The molecule has 0 spiro atoms. The van der Waals surface area contributed by atoms with Crippen LogP contribution in [0.2, 0.25) is 0 Å². The third-order valence-corrected chi connectivity index (χ3v) is 6.92. The average Bonchev–Trinajstić information content (AvgIpc) is 2.78. The summed E-state index contributed by atoms with van der Waals surface area (Å²) in [5.74, 6) is -3.56. The molecule has 2 aliphatic heterocycles. The highest BCUT2D eigenvalue weighted by Crippen LogP contribution is 2.40. The molecule has 4 rings (SSSR count). The molecule has 1 saturated carbocycles. The van der Waals surface area contributed by atoms with E-state index in [9.17, 15) is 19.5 Å². The Kier molecular flexibility index (Phi) is 8.52. The molecule has 192 valence electrons. The number of rotatable bonds is 7. The number of aliphatic hydroxyl groups is 2. The zero-order valence-electron chi connectivity index (χ0n) is 19.6. The van der Waals surface area contributed by atoms with Gasteiger partial charge in [0, 0.05) is 31.1 Å². The number of fused-ring (bicyclic) bond motifs is 2. The number of hydrogen-bond acceptors (Lipinski definition) is 7. The van der Waals surface area contributed by atoms with Crippen LogP contribution in [0.3, 0.4) is 0 Å². The molecular weight excluding hydrogens is 458 g/mol. The topological polar surface area (TPSA) is 165 Å². The minimum atomic E-state index is -2.74. The van der Waals surface area contributed by atoms with Gasteiger partial charge in [-0.25, -0.2) is 4.79 Å². The number of carboxylic acid groups (broad SMARTS) is 3. The summed E-state index contributed by atoms with van der Waals surface area (Å²) in [6, 6.07) is 8.23. The van der Waals surface area contributed by atoms with Crippen molar-refractivity contribution in [2.75, 3.05) is 26.2 Å². The first kappa shape index (κ1) is 26.7. The van der Waals surface area contributed by atoms with Crippen molar-refractivity contribution < 1.29 is 44.7 Å². The van der Waals surface area contributed by atoms with Crippen LogP contribution in [0.1, 0.15) is 50.5 Å². The van der Waals surface area contributed by atoms with E-state index in [0.29, 0.717) is 12.5 Å². The Labute approximate surface area is 203 Å². The lowest BCUT2D eigenvalue weighted by molar-refractivity contribution is -0.170. The Morgan fingerprint density at radius 3 is 2.40 bits per heavy atom. The molecule has 0 radical (unpaired) electrons. The second-order valence-electron chi connectivity index (χ2n) is 9.64. The number of ether oxygens (including phenoxy) is 1. The van der Waals surface area contributed by atoms with E-state index in [1.807, 2.05) is 12.1 Å². The van der Waals surface area contributed by atoms with Crippen LogP contribution in [0.4, 0.5) is 0 Å². The molecule has 1 saturated heterocycles. The minimum Gasteiger partial charge on any atom is -0.489 e. The smallest absolute Gasteiger partial charge is 0.336 e. The normalized spacial score (nSPS) is 23.9. The molecule has 2 unspecified atom stereocenters. The molecule has 5 N–H and O–H groups in total. The molecule has 0 bridgehead atoms. The van der Waals surface area contributed by atoms with Gasteiger partial charge in [0.25, 0.3) is 0 Å². The quantitative estimate of drug-likeness (QED) is 0.380. The van der Waals surface area contributed by atoms with Gasteiger partial charge in [-0.05, 0) is 37.0 Å². The predicted octanol–water partition coefficient (Wildman–Crippen LogP) is 1.84. The molecule has 1 aromatic carbocycles. The van der Waals surface area contributed by atoms with Gasteiger partial charge in [0.15, 0.2) is 5.60 Å². The van der Waals surface area contributed by atoms with Crippen LogP contribution in [-0.4, -0.2) is 85.8 Å². The zero-order chi connectivity index (χ0) is 25.6. The Balaban J connectivity index is 0.000000228. The monoisotopic (exact) mass is 491 g/mol. The van der Waals surface area contributed by atoms with Crippen LogP contribution in [0.25, 0.3) is 6.08 Å². The summed E-state index contributed by atoms with van der Waals surface area (Å²) in [6.45, 7) is 3.71. The van der Waals surface area contributed by atoms with Crippen molar-refractivity contribution in [1.82, 2.24) is 4.90 Å². The van der Waals surface area contributed by atoms with Crippen molar-refractivity contribution in [3.05, 3.63) is 35.4 Å². The van der Waals surface area contributed by atoms with Crippen LogP contribution in [0, 0.1) is 5.92 Å². The third-order valence-electron chi connectivity index (χ3n) is 6.92. The third kappa shape index (κ3) is 7.03. The zero-order valence-corrected chi connectivity index (χ0v) is 19.6. The molecule has 2 fully saturated rings. The number of likely N-dealkylation sites (tertiary alicyclic amines) is 1. The van der Waals surface area contributed by atoms with E-state index in [1.165, 1.54) is 30.4 Å². The molecule has 3 aliphatic rings. The Morgan fingerprint density at radius 2 is 1.74 bits per heavy atom. The minimum absolute atomic E-state index is 0.376. The predicted molar refractivity (Wildman–Crippen MR) is 125 cm³/mol. The van der Waals surface area contributed by atoms with E-state index >= 15 is 0 Å². The molecule has 0 amide bonds. The van der Waals surface area contributed by atoms with E-state index in [-0.39, 0.29) is 5.60 Å². The number of benzene rings is 1. The summed E-state index contributed by atoms with van der Waals surface area (Å²) in [6.07, 6.45) is 5.59. The lowest BCUT2D eigenvalue weighted by atomic mass is 9.71. The van der Waals surface area contributed by atoms with Gasteiger partial charge in [-0.2, -0.15) is 0 Å². The lowest BCUT2D eigenvalue weighted by Crippen LogP contribution is -2.53. The molecule has 10 heteroatoms. The number of carbonyl (C=O) groups is 3. The van der Waals surface area contributed by atoms with Crippen LogP contribution < -0.4 is 4.74 Å². The summed E-state index contributed by atoms with van der Waals surface area (Å²) >= 11 is 0. The maximum atomic E-state index is 10.8. The van der Waals surface area contributed by atoms with Crippen LogP contribution >= 0.6 is 0 Å². The largest absolute Gasteiger partial charge is 0.489 e. The van der Waals surface area contributed by atoms with Crippen molar-refractivity contribution in [3.63, 3.8) is 0 Å². The molecule has 0 aromatic heterocycles. The highest BCUT2D eigenvalue weighted by molar-refractivity contribution is 5.88. The summed E-state index contributed by atoms with van der Waals surface area (Å²) in [7, 11) is 0. The maximum Gasteiger partial charge on any atom is 0.336 e.